The van der Waals surface area contributed by atoms with Gasteiger partial charge >= 0.3 is 0 Å². The first-order valence-electron chi connectivity index (χ1n) is 10.4. The molecule has 166 valence electrons. The Morgan fingerprint density at radius 3 is 2.73 bits per heavy atom. The summed E-state index contributed by atoms with van der Waals surface area (Å²) >= 11 is 0. The number of fused-ring (bicyclic) bond motifs is 3. The molecule has 0 radical (unpaired) electrons. The largest absolute Gasteiger partial charge is 0.337 e. The third kappa shape index (κ3) is 3.75. The van der Waals surface area contributed by atoms with Crippen LogP contribution in [-0.2, 0) is 24.3 Å². The molecular formula is C23H19FN6O3. The molecule has 3 heterocycles. The van der Waals surface area contributed by atoms with Crippen LogP contribution in [0.25, 0.3) is 21.9 Å². The lowest BCUT2D eigenvalue weighted by Crippen LogP contribution is -2.25. The first kappa shape index (κ1) is 20.6. The van der Waals surface area contributed by atoms with E-state index >= 15 is 0 Å². The summed E-state index contributed by atoms with van der Waals surface area (Å²) in [5.41, 5.74) is 1.13. The number of rotatable bonds is 6. The van der Waals surface area contributed by atoms with Crippen molar-refractivity contribution in [1.29, 1.82) is 0 Å². The van der Waals surface area contributed by atoms with Gasteiger partial charge in [0.1, 0.15) is 29.9 Å². The first-order valence-corrected chi connectivity index (χ1v) is 10.4. The fourth-order valence-electron chi connectivity index (χ4n) is 3.76. The average Bonchev–Trinajstić information content (AvgIpc) is 3.40. The van der Waals surface area contributed by atoms with Gasteiger partial charge in [-0.2, -0.15) is 4.98 Å². The number of nitrogens with zero attached hydrogens (tertiary/aromatic N) is 5. The Morgan fingerprint density at radius 2 is 1.94 bits per heavy atom. The molecule has 0 atom stereocenters. The molecule has 0 aliphatic heterocycles. The number of amides is 1. The zero-order chi connectivity index (χ0) is 22.9. The fourth-order valence-corrected chi connectivity index (χ4v) is 3.76. The number of benzene rings is 2. The molecule has 0 saturated carbocycles. The summed E-state index contributed by atoms with van der Waals surface area (Å²) in [7, 11) is 0. The lowest BCUT2D eigenvalue weighted by Gasteiger charge is -2.10. The highest BCUT2D eigenvalue weighted by Crippen LogP contribution is 2.25. The highest BCUT2D eigenvalue weighted by Gasteiger charge is 2.19. The van der Waals surface area contributed by atoms with E-state index in [0.717, 1.165) is 5.39 Å². The minimum atomic E-state index is -0.539. The van der Waals surface area contributed by atoms with Gasteiger partial charge in [-0.15, -0.1) is 0 Å². The maximum absolute atomic E-state index is 14.0. The smallest absolute Gasteiger partial charge is 0.278 e. The number of nitrogens with one attached hydrogen (secondary N) is 1. The molecule has 1 amide bonds. The van der Waals surface area contributed by atoms with Crippen LogP contribution in [0.2, 0.25) is 0 Å². The maximum atomic E-state index is 14.0. The predicted octanol–water partition coefficient (Wildman–Crippen LogP) is 3.12. The van der Waals surface area contributed by atoms with Crippen LogP contribution in [0.5, 0.6) is 0 Å². The molecule has 0 spiro atoms. The van der Waals surface area contributed by atoms with Crippen molar-refractivity contribution in [3.8, 4) is 0 Å². The number of carbonyl (C=O) groups is 1. The number of aromatic nitrogens is 5. The van der Waals surface area contributed by atoms with Crippen LogP contribution in [0.3, 0.4) is 0 Å². The summed E-state index contributed by atoms with van der Waals surface area (Å²) in [6, 6.07) is 13.2. The number of anilines is 1. The summed E-state index contributed by atoms with van der Waals surface area (Å²) < 4.78 is 22.1. The molecule has 1 N–H and O–H groups in total. The van der Waals surface area contributed by atoms with Gasteiger partial charge in [0, 0.05) is 11.8 Å². The van der Waals surface area contributed by atoms with Crippen LogP contribution >= 0.6 is 0 Å². The Balaban J connectivity index is 1.57. The van der Waals surface area contributed by atoms with E-state index in [-0.39, 0.29) is 35.7 Å². The second-order valence-electron chi connectivity index (χ2n) is 7.46. The molecule has 5 rings (SSSR count). The van der Waals surface area contributed by atoms with E-state index in [1.165, 1.54) is 23.0 Å². The fraction of sp³-hybridized carbons (Fsp3) is 0.174. The Kier molecular flexibility index (Phi) is 5.17. The molecule has 0 saturated heterocycles. The molecule has 2 aromatic carbocycles. The van der Waals surface area contributed by atoms with E-state index in [4.69, 9.17) is 4.52 Å². The van der Waals surface area contributed by atoms with E-state index in [2.05, 4.69) is 20.4 Å². The van der Waals surface area contributed by atoms with Gasteiger partial charge in [0.25, 0.3) is 5.56 Å². The molecule has 3 aromatic heterocycles. The quantitative estimate of drug-likeness (QED) is 0.429. The van der Waals surface area contributed by atoms with E-state index in [1.54, 1.807) is 16.7 Å². The average molecular weight is 446 g/mol. The van der Waals surface area contributed by atoms with Crippen molar-refractivity contribution in [2.45, 2.75) is 26.4 Å². The van der Waals surface area contributed by atoms with Gasteiger partial charge in [-0.25, -0.2) is 9.37 Å². The molecule has 0 aliphatic rings. The number of halogens is 1. The maximum Gasteiger partial charge on any atom is 0.278 e. The SMILES string of the molecule is CCc1noc(Cn2cnc3c4ccccc4n(CC(=O)Nc4ccccc4F)c3c2=O)n1. The second kappa shape index (κ2) is 8.30. The summed E-state index contributed by atoms with van der Waals surface area (Å²) in [5, 5.41) is 7.15. The van der Waals surface area contributed by atoms with E-state index in [0.29, 0.717) is 23.3 Å². The summed E-state index contributed by atoms with van der Waals surface area (Å²) in [4.78, 5) is 34.9. The van der Waals surface area contributed by atoms with Gasteiger partial charge < -0.3 is 14.4 Å². The van der Waals surface area contributed by atoms with Gasteiger partial charge in [0.05, 0.1) is 17.5 Å². The number of carbonyl (C=O) groups excluding carboxylic acids is 1. The Bertz CT molecular complexity index is 1550. The summed E-state index contributed by atoms with van der Waals surface area (Å²) in [6.07, 6.45) is 2.04. The molecule has 9 nitrogen and oxygen atoms in total. The molecule has 0 bridgehead atoms. The van der Waals surface area contributed by atoms with Crippen LogP contribution in [0.1, 0.15) is 18.6 Å². The second-order valence-corrected chi connectivity index (χ2v) is 7.46. The number of hydrogen-bond acceptors (Lipinski definition) is 6. The summed E-state index contributed by atoms with van der Waals surface area (Å²) in [6.45, 7) is 1.76. The normalized spacial score (nSPS) is 11.3. The van der Waals surface area contributed by atoms with Crippen molar-refractivity contribution in [1.82, 2.24) is 24.3 Å². The third-order valence-electron chi connectivity index (χ3n) is 5.32. The molecule has 33 heavy (non-hydrogen) atoms. The van der Waals surface area contributed by atoms with E-state index < -0.39 is 11.7 Å². The van der Waals surface area contributed by atoms with Crippen LogP contribution in [0.15, 0.2) is 64.2 Å². The van der Waals surface area contributed by atoms with Gasteiger partial charge in [-0.1, -0.05) is 42.4 Å². The first-order chi connectivity index (χ1) is 16.0. The van der Waals surface area contributed by atoms with Crippen LogP contribution in [0.4, 0.5) is 10.1 Å². The van der Waals surface area contributed by atoms with Gasteiger partial charge in [0.15, 0.2) is 5.82 Å². The zero-order valence-electron chi connectivity index (χ0n) is 17.7. The van der Waals surface area contributed by atoms with Gasteiger partial charge in [0.2, 0.25) is 11.8 Å². The highest BCUT2D eigenvalue weighted by atomic mass is 19.1. The number of hydrogen-bond donors (Lipinski definition) is 1. The van der Waals surface area contributed by atoms with Crippen molar-refractivity contribution in [2.75, 3.05) is 5.32 Å². The zero-order valence-corrected chi connectivity index (χ0v) is 17.7. The molecule has 0 unspecified atom stereocenters. The van der Waals surface area contributed by atoms with Crippen molar-refractivity contribution in [3.63, 3.8) is 0 Å². The number of para-hydroxylation sites is 2. The Morgan fingerprint density at radius 1 is 1.15 bits per heavy atom. The molecule has 10 heteroatoms. The van der Waals surface area contributed by atoms with Crippen LogP contribution < -0.4 is 10.9 Å². The Labute approximate surface area is 186 Å². The van der Waals surface area contributed by atoms with Crippen molar-refractivity contribution in [3.05, 3.63) is 82.7 Å². The minimum absolute atomic E-state index is 0.0533. The Hall–Kier alpha value is -4.34. The predicted molar refractivity (Wildman–Crippen MR) is 119 cm³/mol. The van der Waals surface area contributed by atoms with Gasteiger partial charge in [-0.3, -0.25) is 14.2 Å². The number of aryl methyl sites for hydroxylation is 1. The van der Waals surface area contributed by atoms with Crippen LogP contribution in [-0.4, -0.2) is 30.2 Å². The van der Waals surface area contributed by atoms with Crippen LogP contribution in [0, 0.1) is 5.82 Å². The molecule has 5 aromatic rings. The van der Waals surface area contributed by atoms with Gasteiger partial charge in [-0.05, 0) is 18.2 Å². The highest BCUT2D eigenvalue weighted by molar-refractivity contribution is 6.06. The summed E-state index contributed by atoms with van der Waals surface area (Å²) in [5.74, 6) is -0.175. The molecule has 0 aliphatic carbocycles. The van der Waals surface area contributed by atoms with Crippen molar-refractivity contribution < 1.29 is 13.7 Å². The van der Waals surface area contributed by atoms with Crippen molar-refractivity contribution in [2.24, 2.45) is 0 Å². The van der Waals surface area contributed by atoms with Crippen molar-refractivity contribution >= 4 is 33.5 Å². The van der Waals surface area contributed by atoms with E-state index in [9.17, 15) is 14.0 Å². The van der Waals surface area contributed by atoms with E-state index in [1.807, 2.05) is 31.2 Å². The standard InChI is InChI=1S/C23H19FN6O3/c1-2-18-27-20(33-28-18)12-29-13-25-21-14-7-3-6-10-17(14)30(22(21)23(29)32)11-19(31)26-16-9-5-4-8-15(16)24/h3-10,13H,2,11-12H2,1H3,(H,26,31). The lowest BCUT2D eigenvalue weighted by molar-refractivity contribution is -0.116. The minimum Gasteiger partial charge on any atom is -0.337 e. The molecular weight excluding hydrogens is 427 g/mol. The topological polar surface area (TPSA) is 108 Å². The monoisotopic (exact) mass is 446 g/mol. The molecule has 0 fully saturated rings. The lowest BCUT2D eigenvalue weighted by atomic mass is 10.2. The third-order valence-corrected chi connectivity index (χ3v) is 5.32.